The third-order valence-electron chi connectivity index (χ3n) is 4.32. The van der Waals surface area contributed by atoms with Gasteiger partial charge in [0.15, 0.2) is 0 Å². The molecule has 0 spiro atoms. The molecule has 0 aliphatic carbocycles. The third kappa shape index (κ3) is 6.50. The van der Waals surface area contributed by atoms with Gasteiger partial charge >= 0.3 is 5.97 Å². The van der Waals surface area contributed by atoms with Crippen LogP contribution >= 0.6 is 35.0 Å². The lowest BCUT2D eigenvalue weighted by Gasteiger charge is -2.10. The van der Waals surface area contributed by atoms with Gasteiger partial charge in [0.2, 0.25) is 5.91 Å². The van der Waals surface area contributed by atoms with Crippen LogP contribution in [0.4, 0.5) is 11.4 Å². The summed E-state index contributed by atoms with van der Waals surface area (Å²) in [7, 11) is 0. The predicted molar refractivity (Wildman–Crippen MR) is 129 cm³/mol. The van der Waals surface area contributed by atoms with E-state index in [1.165, 1.54) is 30.0 Å². The van der Waals surface area contributed by atoms with Gasteiger partial charge in [0, 0.05) is 27.0 Å². The average Bonchev–Trinajstić information content (AvgIpc) is 2.75. The molecule has 0 bridgehead atoms. The van der Waals surface area contributed by atoms with Gasteiger partial charge in [-0.25, -0.2) is 4.79 Å². The van der Waals surface area contributed by atoms with E-state index in [0.29, 0.717) is 21.5 Å². The zero-order chi connectivity index (χ0) is 23.1. The standard InChI is InChI=1S/C23H18Cl2N2O4S/c24-16-9-8-15(19(25)11-16)12-32-13-21(28)26-17-5-3-4-14(10-17)22(29)27-20-7-2-1-6-18(20)23(30)31/h1-11H,12-13H2,(H,26,28)(H,27,29)(H,30,31). The number of hydrogen-bond acceptors (Lipinski definition) is 4. The summed E-state index contributed by atoms with van der Waals surface area (Å²) >= 11 is 13.4. The van der Waals surface area contributed by atoms with Crippen molar-refractivity contribution in [2.45, 2.75) is 5.75 Å². The van der Waals surface area contributed by atoms with Gasteiger partial charge in [0.1, 0.15) is 0 Å². The quantitative estimate of drug-likeness (QED) is 0.371. The molecule has 3 rings (SSSR count). The van der Waals surface area contributed by atoms with Crippen molar-refractivity contribution in [2.75, 3.05) is 16.4 Å². The van der Waals surface area contributed by atoms with E-state index < -0.39 is 11.9 Å². The van der Waals surface area contributed by atoms with Crippen LogP contribution in [0.3, 0.4) is 0 Å². The highest BCUT2D eigenvalue weighted by Crippen LogP contribution is 2.25. The maximum atomic E-state index is 12.6. The maximum absolute atomic E-state index is 12.6. The minimum atomic E-state index is -1.14. The van der Waals surface area contributed by atoms with E-state index in [2.05, 4.69) is 10.6 Å². The largest absolute Gasteiger partial charge is 0.478 e. The van der Waals surface area contributed by atoms with Crippen LogP contribution in [-0.4, -0.2) is 28.6 Å². The number of amides is 2. The Morgan fingerprint density at radius 3 is 2.44 bits per heavy atom. The van der Waals surface area contributed by atoms with E-state index >= 15 is 0 Å². The van der Waals surface area contributed by atoms with Gasteiger partial charge in [-0.2, -0.15) is 0 Å². The zero-order valence-electron chi connectivity index (χ0n) is 16.6. The number of hydrogen-bond donors (Lipinski definition) is 3. The van der Waals surface area contributed by atoms with E-state index in [9.17, 15) is 19.5 Å². The molecule has 0 aliphatic rings. The van der Waals surface area contributed by atoms with Gasteiger partial charge in [-0.05, 0) is 48.0 Å². The summed E-state index contributed by atoms with van der Waals surface area (Å²) in [4.78, 5) is 36.2. The summed E-state index contributed by atoms with van der Waals surface area (Å²) in [6, 6.07) is 17.7. The Bertz CT molecular complexity index is 1170. The summed E-state index contributed by atoms with van der Waals surface area (Å²) in [5.41, 5.74) is 1.80. The van der Waals surface area contributed by atoms with E-state index in [-0.39, 0.29) is 28.5 Å². The Morgan fingerprint density at radius 2 is 1.69 bits per heavy atom. The van der Waals surface area contributed by atoms with Crippen LogP contribution in [0, 0.1) is 0 Å². The fourth-order valence-corrected chi connectivity index (χ4v) is 4.19. The number of para-hydroxylation sites is 1. The number of benzene rings is 3. The van der Waals surface area contributed by atoms with Gasteiger partial charge in [-0.15, -0.1) is 11.8 Å². The normalized spacial score (nSPS) is 10.4. The molecule has 9 heteroatoms. The van der Waals surface area contributed by atoms with Crippen molar-refractivity contribution in [2.24, 2.45) is 0 Å². The number of rotatable bonds is 8. The number of nitrogens with one attached hydrogen (secondary N) is 2. The predicted octanol–water partition coefficient (Wildman–Crippen LogP) is 5.82. The summed E-state index contributed by atoms with van der Waals surface area (Å²) in [5.74, 6) is -1.11. The molecule has 2 amide bonds. The molecule has 0 aliphatic heterocycles. The van der Waals surface area contributed by atoms with Crippen molar-refractivity contribution < 1.29 is 19.5 Å². The molecule has 3 aromatic rings. The highest BCUT2D eigenvalue weighted by atomic mass is 35.5. The highest BCUT2D eigenvalue weighted by molar-refractivity contribution is 7.99. The number of anilines is 2. The molecule has 0 heterocycles. The first-order chi connectivity index (χ1) is 15.3. The number of halogens is 2. The van der Waals surface area contributed by atoms with E-state index in [1.54, 1.807) is 42.5 Å². The molecule has 6 nitrogen and oxygen atoms in total. The Morgan fingerprint density at radius 1 is 0.906 bits per heavy atom. The molecule has 0 unspecified atom stereocenters. The second-order valence-electron chi connectivity index (χ2n) is 6.66. The summed E-state index contributed by atoms with van der Waals surface area (Å²) in [6.07, 6.45) is 0. The van der Waals surface area contributed by atoms with Crippen LogP contribution in [0.25, 0.3) is 0 Å². The first kappa shape index (κ1) is 23.7. The van der Waals surface area contributed by atoms with Gasteiger partial charge in [-0.3, -0.25) is 9.59 Å². The Labute approximate surface area is 198 Å². The molecular weight excluding hydrogens is 471 g/mol. The lowest BCUT2D eigenvalue weighted by atomic mass is 10.1. The van der Waals surface area contributed by atoms with Crippen LogP contribution in [0.1, 0.15) is 26.3 Å². The Balaban J connectivity index is 1.58. The van der Waals surface area contributed by atoms with Crippen molar-refractivity contribution in [3.05, 3.63) is 93.5 Å². The van der Waals surface area contributed by atoms with Crippen LogP contribution in [0.2, 0.25) is 10.0 Å². The molecule has 0 saturated carbocycles. The topological polar surface area (TPSA) is 95.5 Å². The fraction of sp³-hybridized carbons (Fsp3) is 0.0870. The maximum Gasteiger partial charge on any atom is 0.337 e. The number of aromatic carboxylic acids is 1. The Hall–Kier alpha value is -3.00. The number of thioether (sulfide) groups is 1. The lowest BCUT2D eigenvalue weighted by molar-refractivity contribution is -0.113. The molecule has 0 fully saturated rings. The molecule has 3 aromatic carbocycles. The SMILES string of the molecule is O=C(CSCc1ccc(Cl)cc1Cl)Nc1cccc(C(=O)Nc2ccccc2C(=O)O)c1. The van der Waals surface area contributed by atoms with Crippen LogP contribution < -0.4 is 10.6 Å². The summed E-state index contributed by atoms with van der Waals surface area (Å²) < 4.78 is 0. The molecular formula is C23H18Cl2N2O4S. The molecule has 3 N–H and O–H groups in total. The van der Waals surface area contributed by atoms with Crippen molar-refractivity contribution in [3.8, 4) is 0 Å². The minimum absolute atomic E-state index is 0.0110. The van der Waals surface area contributed by atoms with Gasteiger partial charge in [0.25, 0.3) is 5.91 Å². The van der Waals surface area contributed by atoms with Crippen LogP contribution in [-0.2, 0) is 10.5 Å². The van der Waals surface area contributed by atoms with Gasteiger partial charge in [-0.1, -0.05) is 47.5 Å². The van der Waals surface area contributed by atoms with Crippen molar-refractivity contribution in [3.63, 3.8) is 0 Å². The minimum Gasteiger partial charge on any atom is -0.478 e. The van der Waals surface area contributed by atoms with Crippen LogP contribution in [0.5, 0.6) is 0 Å². The first-order valence-electron chi connectivity index (χ1n) is 9.39. The van der Waals surface area contributed by atoms with Crippen molar-refractivity contribution in [1.82, 2.24) is 0 Å². The molecule has 164 valence electrons. The van der Waals surface area contributed by atoms with Gasteiger partial charge in [0.05, 0.1) is 17.0 Å². The summed E-state index contributed by atoms with van der Waals surface area (Å²) in [5, 5.41) is 15.7. The molecule has 0 saturated heterocycles. The number of carbonyl (C=O) groups excluding carboxylic acids is 2. The zero-order valence-corrected chi connectivity index (χ0v) is 18.9. The second-order valence-corrected chi connectivity index (χ2v) is 8.49. The first-order valence-corrected chi connectivity index (χ1v) is 11.3. The van der Waals surface area contributed by atoms with Crippen molar-refractivity contribution >= 4 is 64.1 Å². The Kier molecular flexibility index (Phi) is 8.16. The smallest absolute Gasteiger partial charge is 0.337 e. The number of carboxylic acid groups (broad SMARTS) is 1. The monoisotopic (exact) mass is 488 g/mol. The molecule has 0 atom stereocenters. The van der Waals surface area contributed by atoms with Gasteiger partial charge < -0.3 is 15.7 Å². The van der Waals surface area contributed by atoms with E-state index in [0.717, 1.165) is 5.56 Å². The number of carbonyl (C=O) groups is 3. The average molecular weight is 489 g/mol. The summed E-state index contributed by atoms with van der Waals surface area (Å²) in [6.45, 7) is 0. The molecule has 0 aromatic heterocycles. The third-order valence-corrected chi connectivity index (χ3v) is 5.89. The van der Waals surface area contributed by atoms with Crippen molar-refractivity contribution in [1.29, 1.82) is 0 Å². The molecule has 32 heavy (non-hydrogen) atoms. The lowest BCUT2D eigenvalue weighted by Crippen LogP contribution is -2.17. The van der Waals surface area contributed by atoms with Crippen LogP contribution in [0.15, 0.2) is 66.7 Å². The highest BCUT2D eigenvalue weighted by Gasteiger charge is 2.14. The fourth-order valence-electron chi connectivity index (χ4n) is 2.80. The molecule has 0 radical (unpaired) electrons. The number of carboxylic acids is 1. The van der Waals surface area contributed by atoms with E-state index in [4.69, 9.17) is 23.2 Å². The second kappa shape index (κ2) is 11.0. The van der Waals surface area contributed by atoms with E-state index in [1.807, 2.05) is 6.07 Å².